The third-order valence-electron chi connectivity index (χ3n) is 4.94. The second kappa shape index (κ2) is 10.5. The molecule has 11 nitrogen and oxygen atoms in total. The molecule has 0 aliphatic rings. The highest BCUT2D eigenvalue weighted by molar-refractivity contribution is 7.92. The SMILES string of the molecule is COc1ccccc1Oc1c(NS(=O)(=O)c2ccc(C)cn2)nc(-c2ccnc(CO)c2)nc1OC. The monoisotopic (exact) mass is 509 g/mol. The van der Waals surface area contributed by atoms with Gasteiger partial charge < -0.3 is 19.3 Å². The summed E-state index contributed by atoms with van der Waals surface area (Å²) in [5.41, 5.74) is 1.66. The van der Waals surface area contributed by atoms with E-state index in [1.54, 1.807) is 49.4 Å². The predicted molar refractivity (Wildman–Crippen MR) is 131 cm³/mol. The summed E-state index contributed by atoms with van der Waals surface area (Å²) in [6.07, 6.45) is 2.93. The van der Waals surface area contributed by atoms with E-state index >= 15 is 0 Å². The van der Waals surface area contributed by atoms with Gasteiger partial charge in [-0.25, -0.2) is 9.97 Å². The average molecular weight is 510 g/mol. The highest BCUT2D eigenvalue weighted by atomic mass is 32.2. The maximum atomic E-state index is 13.2. The van der Waals surface area contributed by atoms with Gasteiger partial charge in [-0.2, -0.15) is 13.4 Å². The number of aromatic nitrogens is 4. The number of nitrogens with zero attached hydrogens (tertiary/aromatic N) is 4. The number of rotatable bonds is 9. The molecule has 12 heteroatoms. The lowest BCUT2D eigenvalue weighted by atomic mass is 10.2. The molecule has 2 N–H and O–H groups in total. The Labute approximate surface area is 207 Å². The van der Waals surface area contributed by atoms with Gasteiger partial charge in [0, 0.05) is 18.0 Å². The van der Waals surface area contributed by atoms with E-state index in [4.69, 9.17) is 14.2 Å². The molecule has 0 radical (unpaired) electrons. The predicted octanol–water partition coefficient (Wildman–Crippen LogP) is 3.34. The molecule has 0 spiro atoms. The van der Waals surface area contributed by atoms with E-state index in [1.807, 2.05) is 0 Å². The van der Waals surface area contributed by atoms with Crippen molar-refractivity contribution in [1.82, 2.24) is 19.9 Å². The van der Waals surface area contributed by atoms with Gasteiger partial charge in [0.1, 0.15) is 0 Å². The number of benzene rings is 1. The van der Waals surface area contributed by atoms with E-state index < -0.39 is 10.0 Å². The molecule has 0 amide bonds. The largest absolute Gasteiger partial charge is 0.493 e. The number of anilines is 1. The maximum Gasteiger partial charge on any atom is 0.280 e. The number of aryl methyl sites for hydroxylation is 1. The number of hydrogen-bond donors (Lipinski definition) is 2. The molecule has 3 aromatic heterocycles. The quantitative estimate of drug-likeness (QED) is 0.344. The third-order valence-corrected chi connectivity index (χ3v) is 6.19. The highest BCUT2D eigenvalue weighted by Gasteiger charge is 2.25. The van der Waals surface area contributed by atoms with E-state index in [-0.39, 0.29) is 40.7 Å². The van der Waals surface area contributed by atoms with E-state index in [0.29, 0.717) is 17.0 Å². The molecule has 0 unspecified atom stereocenters. The molecule has 0 atom stereocenters. The van der Waals surface area contributed by atoms with Crippen LogP contribution < -0.4 is 18.9 Å². The summed E-state index contributed by atoms with van der Waals surface area (Å²) < 4.78 is 45.6. The van der Waals surface area contributed by atoms with Gasteiger partial charge in [0.2, 0.25) is 5.75 Å². The number of nitrogens with one attached hydrogen (secondary N) is 1. The molecule has 0 saturated heterocycles. The summed E-state index contributed by atoms with van der Waals surface area (Å²) in [5, 5.41) is 9.26. The number of ether oxygens (including phenoxy) is 3. The third kappa shape index (κ3) is 5.34. The van der Waals surface area contributed by atoms with Crippen LogP contribution in [0.3, 0.4) is 0 Å². The lowest BCUT2D eigenvalue weighted by Gasteiger charge is -2.17. The van der Waals surface area contributed by atoms with Crippen LogP contribution in [0.15, 0.2) is 66.0 Å². The molecule has 186 valence electrons. The van der Waals surface area contributed by atoms with Gasteiger partial charge in [0.05, 0.1) is 26.5 Å². The van der Waals surface area contributed by atoms with Crippen LogP contribution in [-0.4, -0.2) is 47.7 Å². The van der Waals surface area contributed by atoms with Crippen LogP contribution in [-0.2, 0) is 16.6 Å². The number of para-hydroxylation sites is 2. The van der Waals surface area contributed by atoms with Crippen LogP contribution in [0, 0.1) is 6.92 Å². The topological polar surface area (TPSA) is 146 Å². The number of aliphatic hydroxyl groups is 1. The molecule has 1 aromatic carbocycles. The summed E-state index contributed by atoms with van der Waals surface area (Å²) in [6.45, 7) is 1.51. The zero-order valence-electron chi connectivity index (χ0n) is 19.7. The van der Waals surface area contributed by atoms with Crippen molar-refractivity contribution in [1.29, 1.82) is 0 Å². The van der Waals surface area contributed by atoms with Crippen molar-refractivity contribution in [3.63, 3.8) is 0 Å². The standard InChI is InChI=1S/C24H23N5O6S/c1-15-8-9-20(26-13-15)36(31,32)29-23-21(35-19-7-5-4-6-18(19)33-2)24(34-3)28-22(27-23)16-10-11-25-17(12-16)14-30/h4-13,30H,14H2,1-3H3,(H,27,28,29). The number of sulfonamides is 1. The molecule has 0 aliphatic carbocycles. The second-order valence-corrected chi connectivity index (χ2v) is 9.09. The summed E-state index contributed by atoms with van der Waals surface area (Å²) >= 11 is 0. The molecule has 4 aromatic rings. The lowest BCUT2D eigenvalue weighted by Crippen LogP contribution is -2.17. The molecular formula is C24H23N5O6S. The fraction of sp³-hybridized carbons (Fsp3) is 0.167. The minimum atomic E-state index is -4.17. The Balaban J connectivity index is 1.87. The Morgan fingerprint density at radius 3 is 2.42 bits per heavy atom. The van der Waals surface area contributed by atoms with E-state index in [2.05, 4.69) is 24.7 Å². The average Bonchev–Trinajstić information content (AvgIpc) is 2.89. The van der Waals surface area contributed by atoms with Crippen LogP contribution in [0.5, 0.6) is 23.1 Å². The molecule has 4 rings (SSSR count). The van der Waals surface area contributed by atoms with Crippen molar-refractivity contribution in [2.45, 2.75) is 18.6 Å². The molecule has 36 heavy (non-hydrogen) atoms. The zero-order valence-corrected chi connectivity index (χ0v) is 20.5. The van der Waals surface area contributed by atoms with Gasteiger partial charge in [-0.05, 0) is 42.8 Å². The van der Waals surface area contributed by atoms with Crippen molar-refractivity contribution in [2.75, 3.05) is 18.9 Å². The first kappa shape index (κ1) is 24.8. The molecule has 3 heterocycles. The first-order chi connectivity index (χ1) is 17.3. The number of pyridine rings is 2. The molecule has 0 bridgehead atoms. The normalized spacial score (nSPS) is 11.1. The van der Waals surface area contributed by atoms with E-state index in [1.165, 1.54) is 32.7 Å². The minimum Gasteiger partial charge on any atom is -0.493 e. The number of methoxy groups -OCH3 is 2. The maximum absolute atomic E-state index is 13.2. The van der Waals surface area contributed by atoms with Crippen LogP contribution in [0.25, 0.3) is 11.4 Å². The Kier molecular flexibility index (Phi) is 7.27. The highest BCUT2D eigenvalue weighted by Crippen LogP contribution is 2.41. The zero-order chi connectivity index (χ0) is 25.7. The van der Waals surface area contributed by atoms with Crippen LogP contribution >= 0.6 is 0 Å². The molecule has 0 fully saturated rings. The van der Waals surface area contributed by atoms with Crippen molar-refractivity contribution in [2.24, 2.45) is 0 Å². The summed E-state index contributed by atoms with van der Waals surface area (Å²) in [7, 11) is -1.32. The second-order valence-electron chi connectivity index (χ2n) is 7.46. The van der Waals surface area contributed by atoms with Gasteiger partial charge >= 0.3 is 0 Å². The Bertz CT molecular complexity index is 1480. The lowest BCUT2D eigenvalue weighted by molar-refractivity contribution is 0.277. The first-order valence-corrected chi connectivity index (χ1v) is 12.1. The van der Waals surface area contributed by atoms with Crippen LogP contribution in [0.2, 0.25) is 0 Å². The Morgan fingerprint density at radius 2 is 1.75 bits per heavy atom. The minimum absolute atomic E-state index is 0.0390. The summed E-state index contributed by atoms with van der Waals surface area (Å²) in [4.78, 5) is 16.9. The smallest absolute Gasteiger partial charge is 0.280 e. The van der Waals surface area contributed by atoms with Gasteiger partial charge in [0.15, 0.2) is 28.2 Å². The number of aliphatic hydroxyl groups excluding tert-OH is 1. The van der Waals surface area contributed by atoms with Crippen molar-refractivity contribution in [3.8, 4) is 34.5 Å². The van der Waals surface area contributed by atoms with Crippen LogP contribution in [0.1, 0.15) is 11.3 Å². The fourth-order valence-corrected chi connectivity index (χ4v) is 4.10. The number of hydrogen-bond acceptors (Lipinski definition) is 10. The summed E-state index contributed by atoms with van der Waals surface area (Å²) in [6, 6.07) is 13.0. The van der Waals surface area contributed by atoms with E-state index in [9.17, 15) is 13.5 Å². The van der Waals surface area contributed by atoms with Crippen molar-refractivity contribution < 1.29 is 27.7 Å². The summed E-state index contributed by atoms with van der Waals surface area (Å²) in [5.74, 6) is 0.494. The molecule has 0 aliphatic heterocycles. The van der Waals surface area contributed by atoms with Gasteiger partial charge in [0.25, 0.3) is 15.9 Å². The van der Waals surface area contributed by atoms with Gasteiger partial charge in [-0.3, -0.25) is 9.71 Å². The van der Waals surface area contributed by atoms with Gasteiger partial charge in [-0.1, -0.05) is 18.2 Å². The van der Waals surface area contributed by atoms with E-state index in [0.717, 1.165) is 5.56 Å². The molecule has 0 saturated carbocycles. The Hall–Kier alpha value is -4.29. The van der Waals surface area contributed by atoms with Crippen molar-refractivity contribution in [3.05, 3.63) is 72.2 Å². The van der Waals surface area contributed by atoms with Gasteiger partial charge in [-0.15, -0.1) is 0 Å². The Morgan fingerprint density at radius 1 is 0.972 bits per heavy atom. The first-order valence-electron chi connectivity index (χ1n) is 10.6. The fourth-order valence-electron chi connectivity index (χ4n) is 3.17. The van der Waals surface area contributed by atoms with Crippen molar-refractivity contribution >= 4 is 15.8 Å². The molecular weight excluding hydrogens is 486 g/mol. The van der Waals surface area contributed by atoms with Crippen LogP contribution in [0.4, 0.5) is 5.82 Å².